The number of carbonyl (C=O) groups is 1. The van der Waals surface area contributed by atoms with Crippen LogP contribution in [0.5, 0.6) is 5.75 Å². The molecule has 156 valence electrons. The van der Waals surface area contributed by atoms with E-state index < -0.39 is 0 Å². The molecule has 1 atom stereocenters. The number of aromatic nitrogens is 1. The first-order chi connectivity index (χ1) is 15.2. The predicted molar refractivity (Wildman–Crippen MR) is 119 cm³/mol. The molecule has 5 rings (SSSR count). The number of amides is 1. The van der Waals surface area contributed by atoms with Crippen molar-refractivity contribution in [3.63, 3.8) is 0 Å². The molecule has 0 saturated carbocycles. The normalized spacial score (nSPS) is 18.7. The Bertz CT molecular complexity index is 1170. The Hall–Kier alpha value is -3.80. The number of ether oxygens (including phenoxy) is 1. The van der Waals surface area contributed by atoms with Gasteiger partial charge in [-0.05, 0) is 17.5 Å². The van der Waals surface area contributed by atoms with E-state index in [-0.39, 0.29) is 35.4 Å². The van der Waals surface area contributed by atoms with Gasteiger partial charge >= 0.3 is 0 Å². The molecular weight excluding hydrogens is 390 g/mol. The molecule has 0 fully saturated rings. The highest BCUT2D eigenvalue weighted by molar-refractivity contribution is 5.96. The smallest absolute Gasteiger partial charge is 0.278 e. The fourth-order valence-corrected chi connectivity index (χ4v) is 4.17. The molecule has 2 aliphatic rings. The van der Waals surface area contributed by atoms with E-state index in [9.17, 15) is 9.59 Å². The second-order valence-electron chi connectivity index (χ2n) is 7.72. The van der Waals surface area contributed by atoms with E-state index in [1.54, 1.807) is 15.8 Å². The molecule has 1 aromatic heterocycles. The van der Waals surface area contributed by atoms with Gasteiger partial charge < -0.3 is 9.64 Å². The maximum absolute atomic E-state index is 13.3. The van der Waals surface area contributed by atoms with Crippen LogP contribution in [0.25, 0.3) is 0 Å². The van der Waals surface area contributed by atoms with E-state index >= 15 is 0 Å². The van der Waals surface area contributed by atoms with E-state index in [1.165, 1.54) is 6.07 Å². The first-order valence-electron chi connectivity index (χ1n) is 10.4. The van der Waals surface area contributed by atoms with Crippen LogP contribution in [-0.4, -0.2) is 28.7 Å². The van der Waals surface area contributed by atoms with Crippen molar-refractivity contribution in [3.05, 3.63) is 112 Å². The van der Waals surface area contributed by atoms with Crippen LogP contribution in [0.1, 0.15) is 34.1 Å². The van der Waals surface area contributed by atoms with Crippen LogP contribution in [0, 0.1) is 0 Å². The van der Waals surface area contributed by atoms with Crippen molar-refractivity contribution in [2.75, 3.05) is 18.2 Å². The maximum atomic E-state index is 13.3. The molecule has 2 aromatic carbocycles. The lowest BCUT2D eigenvalue weighted by atomic mass is 10.0. The van der Waals surface area contributed by atoms with Gasteiger partial charge in [0.2, 0.25) is 5.43 Å². The van der Waals surface area contributed by atoms with Gasteiger partial charge in [0.15, 0.2) is 11.4 Å². The van der Waals surface area contributed by atoms with Gasteiger partial charge in [-0.15, -0.1) is 0 Å². The minimum Gasteiger partial charge on any atom is -0.482 e. The second kappa shape index (κ2) is 8.14. The first-order valence-corrected chi connectivity index (χ1v) is 10.4. The molecule has 31 heavy (non-hydrogen) atoms. The van der Waals surface area contributed by atoms with E-state index in [0.717, 1.165) is 17.5 Å². The predicted octanol–water partition coefficient (Wildman–Crippen LogP) is 3.48. The van der Waals surface area contributed by atoms with Crippen LogP contribution in [0.2, 0.25) is 0 Å². The van der Waals surface area contributed by atoms with Crippen LogP contribution < -0.4 is 15.2 Å². The summed E-state index contributed by atoms with van der Waals surface area (Å²) in [5, 5.41) is 2.13. The zero-order valence-corrected chi connectivity index (χ0v) is 17.1. The molecule has 1 amide bonds. The quantitative estimate of drug-likeness (QED) is 0.615. The zero-order valence-electron chi connectivity index (χ0n) is 17.1. The fourth-order valence-electron chi connectivity index (χ4n) is 4.17. The van der Waals surface area contributed by atoms with Crippen molar-refractivity contribution in [2.24, 2.45) is 0 Å². The van der Waals surface area contributed by atoms with Crippen molar-refractivity contribution in [3.8, 4) is 5.75 Å². The molecule has 6 heteroatoms. The summed E-state index contributed by atoms with van der Waals surface area (Å²) >= 11 is 0. The lowest BCUT2D eigenvalue weighted by Gasteiger charge is -2.44. The molecule has 1 unspecified atom stereocenters. The lowest BCUT2D eigenvalue weighted by molar-refractivity contribution is 0.0690. The van der Waals surface area contributed by atoms with Crippen molar-refractivity contribution in [2.45, 2.75) is 19.1 Å². The number of benzene rings is 2. The molecule has 0 N–H and O–H groups in total. The Labute approximate surface area is 180 Å². The van der Waals surface area contributed by atoms with Gasteiger partial charge in [-0.3, -0.25) is 19.3 Å². The molecule has 0 radical (unpaired) electrons. The Balaban J connectivity index is 1.59. The molecule has 6 nitrogen and oxygen atoms in total. The summed E-state index contributed by atoms with van der Waals surface area (Å²) in [6.45, 7) is 1.16. The van der Waals surface area contributed by atoms with Crippen molar-refractivity contribution in [1.82, 2.24) is 9.58 Å². The highest BCUT2D eigenvalue weighted by atomic mass is 16.5. The van der Waals surface area contributed by atoms with Crippen molar-refractivity contribution >= 4 is 5.91 Å². The van der Waals surface area contributed by atoms with Gasteiger partial charge in [0.25, 0.3) is 5.91 Å². The topological polar surface area (TPSA) is 54.8 Å². The van der Waals surface area contributed by atoms with Crippen LogP contribution in [0.4, 0.5) is 0 Å². The van der Waals surface area contributed by atoms with Gasteiger partial charge in [0.1, 0.15) is 13.3 Å². The molecule has 0 spiro atoms. The summed E-state index contributed by atoms with van der Waals surface area (Å²) in [7, 11) is 0. The van der Waals surface area contributed by atoms with Gasteiger partial charge in [0, 0.05) is 18.8 Å². The minimum absolute atomic E-state index is 0.0246. The number of pyridine rings is 1. The summed E-state index contributed by atoms with van der Waals surface area (Å²) in [6.07, 6.45) is 6.62. The molecule has 3 aromatic rings. The maximum Gasteiger partial charge on any atom is 0.278 e. The SMILES string of the molecule is O=C1c2c(OCc3ccccc3)c(=O)ccn2N2CN1C/C=C\CC2c1ccccc1. The van der Waals surface area contributed by atoms with Crippen LogP contribution >= 0.6 is 0 Å². The highest BCUT2D eigenvalue weighted by Crippen LogP contribution is 2.31. The minimum atomic E-state index is -0.291. The number of fused-ring (bicyclic) bond motifs is 4. The van der Waals surface area contributed by atoms with Crippen LogP contribution in [0.3, 0.4) is 0 Å². The third-order valence-corrected chi connectivity index (χ3v) is 5.74. The second-order valence-corrected chi connectivity index (χ2v) is 7.72. The van der Waals surface area contributed by atoms with Crippen LogP contribution in [-0.2, 0) is 6.61 Å². The van der Waals surface area contributed by atoms with Gasteiger partial charge in [-0.25, -0.2) is 0 Å². The number of hydrogen-bond acceptors (Lipinski definition) is 4. The molecule has 3 heterocycles. The monoisotopic (exact) mass is 413 g/mol. The van der Waals surface area contributed by atoms with E-state index in [4.69, 9.17) is 4.74 Å². The molecular formula is C25H23N3O3. The van der Waals surface area contributed by atoms with E-state index in [1.807, 2.05) is 54.6 Å². The van der Waals surface area contributed by atoms with E-state index in [0.29, 0.717) is 13.2 Å². The first kappa shape index (κ1) is 19.2. The number of carbonyl (C=O) groups excluding carboxylic acids is 1. The van der Waals surface area contributed by atoms with Gasteiger partial charge in [-0.2, -0.15) is 0 Å². The fraction of sp³-hybridized carbons (Fsp3) is 0.200. The number of rotatable bonds is 4. The van der Waals surface area contributed by atoms with Crippen LogP contribution in [0.15, 0.2) is 89.9 Å². The summed E-state index contributed by atoms with van der Waals surface area (Å²) in [4.78, 5) is 27.8. The highest BCUT2D eigenvalue weighted by Gasteiger charge is 2.36. The molecule has 0 saturated heterocycles. The van der Waals surface area contributed by atoms with Crippen molar-refractivity contribution < 1.29 is 9.53 Å². The Morgan fingerprint density at radius 2 is 1.65 bits per heavy atom. The Morgan fingerprint density at radius 1 is 0.903 bits per heavy atom. The summed E-state index contributed by atoms with van der Waals surface area (Å²) in [5.74, 6) is -0.0993. The average molecular weight is 413 g/mol. The lowest BCUT2D eigenvalue weighted by Crippen LogP contribution is -2.55. The summed E-state index contributed by atoms with van der Waals surface area (Å²) < 4.78 is 7.75. The Morgan fingerprint density at radius 3 is 2.42 bits per heavy atom. The third kappa shape index (κ3) is 3.61. The number of hydrogen-bond donors (Lipinski definition) is 0. The number of nitrogens with zero attached hydrogens (tertiary/aromatic N) is 3. The summed E-state index contributed by atoms with van der Waals surface area (Å²) in [5.41, 5.74) is 2.08. The van der Waals surface area contributed by atoms with Gasteiger partial charge in [0.05, 0.1) is 6.04 Å². The van der Waals surface area contributed by atoms with Crippen molar-refractivity contribution in [1.29, 1.82) is 0 Å². The standard InChI is InChI=1S/C25H23N3O3/c29-22-14-16-27-23(24(22)31-17-19-9-3-1-4-10-19)25(30)26-15-8-7-13-21(28(27)18-26)20-11-5-2-6-12-20/h1-12,14,16,21H,13,15,17-18H2/b8-7-. The molecule has 2 bridgehead atoms. The average Bonchev–Trinajstić information content (AvgIpc) is 2.79. The summed E-state index contributed by atoms with van der Waals surface area (Å²) in [6, 6.07) is 21.4. The Kier molecular flexibility index (Phi) is 5.04. The molecule has 2 aliphatic heterocycles. The largest absolute Gasteiger partial charge is 0.482 e. The zero-order chi connectivity index (χ0) is 21.2. The molecule has 0 aliphatic carbocycles. The van der Waals surface area contributed by atoms with Gasteiger partial charge in [-0.1, -0.05) is 72.8 Å². The third-order valence-electron chi connectivity index (χ3n) is 5.74. The van der Waals surface area contributed by atoms with E-state index in [2.05, 4.69) is 23.2 Å².